The lowest BCUT2D eigenvalue weighted by atomic mass is 9.90. The van der Waals surface area contributed by atoms with Crippen molar-refractivity contribution in [3.05, 3.63) is 47.0 Å². The van der Waals surface area contributed by atoms with Crippen LogP contribution >= 0.6 is 11.6 Å². The molecule has 214 valence electrons. The van der Waals surface area contributed by atoms with Gasteiger partial charge in [-0.15, -0.1) is 0 Å². The number of nitrogens with zero attached hydrogens (tertiary/aromatic N) is 4. The first-order valence-electron chi connectivity index (χ1n) is 12.4. The van der Waals surface area contributed by atoms with Crippen LogP contribution in [0, 0.1) is 0 Å². The van der Waals surface area contributed by atoms with Crippen LogP contribution < -0.4 is 5.73 Å². The Labute approximate surface area is 233 Å². The molecule has 2 N–H and O–H groups in total. The van der Waals surface area contributed by atoms with Gasteiger partial charge in [0.1, 0.15) is 5.52 Å². The summed E-state index contributed by atoms with van der Waals surface area (Å²) in [6, 6.07) is 6.18. The topological polar surface area (TPSA) is 158 Å². The lowest BCUT2D eigenvalue weighted by Gasteiger charge is -2.30. The number of anilines is 1. The lowest BCUT2D eigenvalue weighted by molar-refractivity contribution is -0.181. The van der Waals surface area contributed by atoms with Gasteiger partial charge in [-0.25, -0.2) is 19.0 Å². The van der Waals surface area contributed by atoms with Gasteiger partial charge in [0.05, 0.1) is 38.3 Å². The van der Waals surface area contributed by atoms with Gasteiger partial charge in [-0.2, -0.15) is 9.97 Å². The van der Waals surface area contributed by atoms with Gasteiger partial charge >= 0.3 is 11.9 Å². The predicted octanol–water partition coefficient (Wildman–Crippen LogP) is 3.01. The van der Waals surface area contributed by atoms with Crippen LogP contribution in [0.5, 0.6) is 0 Å². The normalized spacial score (nSPS) is 22.1. The number of hydrogen-bond acceptors (Lipinski definition) is 11. The van der Waals surface area contributed by atoms with Crippen LogP contribution in [0.15, 0.2) is 30.6 Å². The third-order valence-corrected chi connectivity index (χ3v) is 6.82. The van der Waals surface area contributed by atoms with Gasteiger partial charge in [-0.3, -0.25) is 9.36 Å². The number of ketones is 1. The van der Waals surface area contributed by atoms with Gasteiger partial charge in [0.2, 0.25) is 10.9 Å². The average Bonchev–Trinajstić information content (AvgIpc) is 3.45. The molecule has 1 aliphatic rings. The first kappa shape index (κ1) is 29.3. The molecule has 1 unspecified atom stereocenters. The summed E-state index contributed by atoms with van der Waals surface area (Å²) in [6.45, 7) is 3.86. The molecule has 3 heterocycles. The fraction of sp³-hybridized carbons (Fsp3) is 0.462. The molecule has 0 bridgehead atoms. The van der Waals surface area contributed by atoms with Crippen molar-refractivity contribution in [1.82, 2.24) is 19.5 Å². The Bertz CT molecular complexity index is 1430. The van der Waals surface area contributed by atoms with E-state index in [4.69, 9.17) is 36.3 Å². The number of aromatic nitrogens is 4. The molecule has 1 aliphatic heterocycles. The van der Waals surface area contributed by atoms with E-state index in [1.807, 2.05) is 0 Å². The van der Waals surface area contributed by atoms with Gasteiger partial charge in [0.25, 0.3) is 0 Å². The van der Waals surface area contributed by atoms with Crippen molar-refractivity contribution >= 4 is 46.3 Å². The number of nitrogen functional groups attached to an aromatic ring is 1. The minimum absolute atomic E-state index is 0.00427. The number of esters is 2. The Morgan fingerprint density at radius 1 is 1.27 bits per heavy atom. The molecule has 0 spiro atoms. The number of alkyl halides is 1. The zero-order chi connectivity index (χ0) is 29.2. The van der Waals surface area contributed by atoms with E-state index in [0.29, 0.717) is 11.1 Å². The van der Waals surface area contributed by atoms with E-state index in [0.717, 1.165) is 0 Å². The Balaban J connectivity index is 1.58. The van der Waals surface area contributed by atoms with Crippen molar-refractivity contribution in [3.63, 3.8) is 0 Å². The van der Waals surface area contributed by atoms with Crippen molar-refractivity contribution in [2.24, 2.45) is 0 Å². The van der Waals surface area contributed by atoms with Crippen molar-refractivity contribution in [2.75, 3.05) is 26.1 Å². The third kappa shape index (κ3) is 5.62. The minimum atomic E-state index is -2.03. The van der Waals surface area contributed by atoms with E-state index in [1.54, 1.807) is 19.1 Å². The van der Waals surface area contributed by atoms with Crippen LogP contribution in [0.1, 0.15) is 49.3 Å². The van der Waals surface area contributed by atoms with Gasteiger partial charge in [0, 0.05) is 12.8 Å². The molecule has 0 aliphatic carbocycles. The first-order valence-corrected chi connectivity index (χ1v) is 12.8. The lowest BCUT2D eigenvalue weighted by Crippen LogP contribution is -2.52. The van der Waals surface area contributed by atoms with Crippen molar-refractivity contribution in [3.8, 4) is 0 Å². The monoisotopic (exact) mass is 577 g/mol. The number of hydrogen-bond donors (Lipinski definition) is 1. The van der Waals surface area contributed by atoms with Crippen LogP contribution in [0.3, 0.4) is 0 Å². The van der Waals surface area contributed by atoms with E-state index in [9.17, 15) is 14.4 Å². The summed E-state index contributed by atoms with van der Waals surface area (Å²) in [5.41, 5.74) is 3.16. The SMILES string of the molecule is CCOC(=O)C(Cc1ccc(C(=O)OC)cc1)(OC[C@@H]1C[C@@](C)(F)[C@H](n2cnc3c(N)nc(Cl)nc32)O1)C(C)=O. The summed E-state index contributed by atoms with van der Waals surface area (Å²) >= 11 is 5.95. The van der Waals surface area contributed by atoms with Crippen molar-refractivity contribution in [2.45, 2.75) is 57.2 Å². The Kier molecular flexibility index (Phi) is 8.38. The molecule has 0 radical (unpaired) electrons. The fourth-order valence-electron chi connectivity index (χ4n) is 4.65. The smallest absolute Gasteiger partial charge is 0.346 e. The maximum absolute atomic E-state index is 15.8. The van der Waals surface area contributed by atoms with E-state index in [1.165, 1.54) is 44.0 Å². The highest BCUT2D eigenvalue weighted by molar-refractivity contribution is 6.28. The Morgan fingerprint density at radius 2 is 1.98 bits per heavy atom. The number of Topliss-reactive ketones (excluding diaryl/α,β-unsaturated/α-hetero) is 1. The predicted molar refractivity (Wildman–Crippen MR) is 140 cm³/mol. The standard InChI is InChI=1S/C26H29ClFN5O7/c1-5-38-23(36)26(14(2)34,10-15-6-8-16(9-7-15)21(35)37-4)39-12-17-11-25(3,28)22(40-17)33-13-30-18-19(29)31-24(27)32-20(18)33/h6-9,13,17,22H,5,10-12H2,1-4H3,(H2,29,31,32)/t17-,22+,25+,26?/m0/s1. The minimum Gasteiger partial charge on any atom is -0.465 e. The maximum atomic E-state index is 15.8. The Hall–Kier alpha value is -3.68. The second kappa shape index (κ2) is 11.4. The molecule has 40 heavy (non-hydrogen) atoms. The summed E-state index contributed by atoms with van der Waals surface area (Å²) in [5, 5.41) is -0.134. The number of nitrogens with two attached hydrogens (primary N) is 1. The molecule has 14 heteroatoms. The number of ether oxygens (including phenoxy) is 4. The van der Waals surface area contributed by atoms with Gasteiger partial charge in [-0.05, 0) is 50.1 Å². The molecule has 4 rings (SSSR count). The number of methoxy groups -OCH3 is 1. The average molecular weight is 578 g/mol. The second-order valence-electron chi connectivity index (χ2n) is 9.57. The van der Waals surface area contributed by atoms with Crippen LogP contribution in [0.2, 0.25) is 5.28 Å². The molecular weight excluding hydrogens is 549 g/mol. The van der Waals surface area contributed by atoms with Gasteiger partial charge < -0.3 is 24.7 Å². The molecule has 2 aromatic heterocycles. The number of carbonyl (C=O) groups is 3. The summed E-state index contributed by atoms with van der Waals surface area (Å²) < 4.78 is 39.1. The maximum Gasteiger partial charge on any atom is 0.346 e. The molecule has 4 atom stereocenters. The largest absolute Gasteiger partial charge is 0.465 e. The molecule has 1 fully saturated rings. The highest BCUT2D eigenvalue weighted by Crippen LogP contribution is 2.43. The summed E-state index contributed by atoms with van der Waals surface area (Å²) in [4.78, 5) is 50.0. The Morgan fingerprint density at radius 3 is 2.60 bits per heavy atom. The van der Waals surface area contributed by atoms with Crippen molar-refractivity contribution in [1.29, 1.82) is 0 Å². The van der Waals surface area contributed by atoms with E-state index >= 15 is 4.39 Å². The summed E-state index contributed by atoms with van der Waals surface area (Å²) in [5.74, 6) is -2.00. The molecule has 0 amide bonds. The van der Waals surface area contributed by atoms with Crippen LogP contribution in [-0.2, 0) is 35.0 Å². The number of carbonyl (C=O) groups excluding carboxylic acids is 3. The number of fused-ring (bicyclic) bond motifs is 1. The number of rotatable bonds is 10. The van der Waals surface area contributed by atoms with Gasteiger partial charge in [0.15, 0.2) is 29.1 Å². The first-order chi connectivity index (χ1) is 18.9. The fourth-order valence-corrected chi connectivity index (χ4v) is 4.82. The van der Waals surface area contributed by atoms with Crippen LogP contribution in [0.25, 0.3) is 11.2 Å². The number of benzene rings is 1. The van der Waals surface area contributed by atoms with E-state index in [-0.39, 0.29) is 48.3 Å². The highest BCUT2D eigenvalue weighted by Gasteiger charge is 2.51. The van der Waals surface area contributed by atoms with Gasteiger partial charge in [-0.1, -0.05) is 12.1 Å². The zero-order valence-electron chi connectivity index (χ0n) is 22.3. The van der Waals surface area contributed by atoms with E-state index in [2.05, 4.69) is 15.0 Å². The van der Waals surface area contributed by atoms with Crippen molar-refractivity contribution < 1.29 is 37.7 Å². The third-order valence-electron chi connectivity index (χ3n) is 6.65. The van der Waals surface area contributed by atoms with Crippen LogP contribution in [-0.4, -0.2) is 74.9 Å². The summed E-state index contributed by atoms with van der Waals surface area (Å²) in [6.07, 6.45) is -1.03. The molecule has 1 aromatic carbocycles. The molecule has 12 nitrogen and oxygen atoms in total. The molecular formula is C26H29ClFN5O7. The summed E-state index contributed by atoms with van der Waals surface area (Å²) in [7, 11) is 1.26. The molecule has 1 saturated heterocycles. The second-order valence-corrected chi connectivity index (χ2v) is 9.91. The molecule has 0 saturated carbocycles. The van der Waals surface area contributed by atoms with Crippen LogP contribution in [0.4, 0.5) is 10.2 Å². The number of imidazole rings is 1. The highest BCUT2D eigenvalue weighted by atomic mass is 35.5. The van der Waals surface area contributed by atoms with E-state index < -0.39 is 41.3 Å². The molecule has 3 aromatic rings. The number of halogens is 2. The zero-order valence-corrected chi connectivity index (χ0v) is 23.1. The quantitative estimate of drug-likeness (QED) is 0.214.